The van der Waals surface area contributed by atoms with Crippen LogP contribution in [0.15, 0.2) is 0 Å². The standard InChI is InChI=1S/C15H27NO/c1-14(2)10-15(11-17-14)8-6-13(7-9-15)16-12-4-3-5-12/h12-13,16H,3-11H2,1-2H3. The average molecular weight is 237 g/mol. The SMILES string of the molecule is CC1(C)CC2(CCC(NC3CCC3)CC2)CO1. The zero-order valence-electron chi connectivity index (χ0n) is 11.4. The van der Waals surface area contributed by atoms with Gasteiger partial charge in [0.2, 0.25) is 0 Å². The van der Waals surface area contributed by atoms with Gasteiger partial charge in [-0.25, -0.2) is 0 Å². The second-order valence-corrected chi connectivity index (χ2v) is 7.29. The molecular weight excluding hydrogens is 210 g/mol. The molecule has 1 aliphatic heterocycles. The molecule has 0 atom stereocenters. The van der Waals surface area contributed by atoms with E-state index in [9.17, 15) is 0 Å². The third kappa shape index (κ3) is 2.53. The van der Waals surface area contributed by atoms with Gasteiger partial charge in [-0.2, -0.15) is 0 Å². The van der Waals surface area contributed by atoms with Crippen LogP contribution in [0.25, 0.3) is 0 Å². The monoisotopic (exact) mass is 237 g/mol. The number of ether oxygens (including phenoxy) is 1. The molecule has 1 spiro atoms. The van der Waals surface area contributed by atoms with Gasteiger partial charge < -0.3 is 10.1 Å². The minimum absolute atomic E-state index is 0.133. The fourth-order valence-electron chi connectivity index (χ4n) is 3.98. The highest BCUT2D eigenvalue weighted by Gasteiger charge is 2.46. The predicted octanol–water partition coefficient (Wildman–Crippen LogP) is 3.26. The van der Waals surface area contributed by atoms with E-state index in [-0.39, 0.29) is 5.60 Å². The van der Waals surface area contributed by atoms with Gasteiger partial charge in [-0.05, 0) is 64.2 Å². The highest BCUT2D eigenvalue weighted by Crippen LogP contribution is 2.48. The Morgan fingerprint density at radius 3 is 2.12 bits per heavy atom. The molecule has 98 valence electrons. The summed E-state index contributed by atoms with van der Waals surface area (Å²) in [5.74, 6) is 0. The van der Waals surface area contributed by atoms with Crippen LogP contribution in [0.4, 0.5) is 0 Å². The Morgan fingerprint density at radius 2 is 1.65 bits per heavy atom. The van der Waals surface area contributed by atoms with Crippen molar-refractivity contribution in [2.45, 2.75) is 82.9 Å². The molecule has 0 bridgehead atoms. The summed E-state index contributed by atoms with van der Waals surface area (Å²) in [4.78, 5) is 0. The Kier molecular flexibility index (Phi) is 2.99. The van der Waals surface area contributed by atoms with Crippen molar-refractivity contribution >= 4 is 0 Å². The molecule has 0 aromatic rings. The Balaban J connectivity index is 1.50. The minimum Gasteiger partial charge on any atom is -0.375 e. The summed E-state index contributed by atoms with van der Waals surface area (Å²) < 4.78 is 5.96. The van der Waals surface area contributed by atoms with Crippen molar-refractivity contribution in [2.24, 2.45) is 5.41 Å². The van der Waals surface area contributed by atoms with Crippen LogP contribution in [-0.2, 0) is 4.74 Å². The minimum atomic E-state index is 0.133. The first kappa shape index (κ1) is 12.0. The molecule has 3 rings (SSSR count). The maximum atomic E-state index is 5.96. The maximum absolute atomic E-state index is 5.96. The quantitative estimate of drug-likeness (QED) is 0.796. The van der Waals surface area contributed by atoms with Gasteiger partial charge in [-0.1, -0.05) is 6.42 Å². The van der Waals surface area contributed by atoms with Crippen molar-refractivity contribution < 1.29 is 4.74 Å². The highest BCUT2D eigenvalue weighted by molar-refractivity contribution is 4.97. The van der Waals surface area contributed by atoms with Crippen molar-refractivity contribution in [3.8, 4) is 0 Å². The van der Waals surface area contributed by atoms with Crippen LogP contribution in [0.5, 0.6) is 0 Å². The Morgan fingerprint density at radius 1 is 1.00 bits per heavy atom. The van der Waals surface area contributed by atoms with Gasteiger partial charge in [0.05, 0.1) is 12.2 Å². The van der Waals surface area contributed by atoms with Gasteiger partial charge in [0.15, 0.2) is 0 Å². The largest absolute Gasteiger partial charge is 0.375 e. The molecule has 0 amide bonds. The van der Waals surface area contributed by atoms with Gasteiger partial charge >= 0.3 is 0 Å². The number of rotatable bonds is 2. The lowest BCUT2D eigenvalue weighted by atomic mass is 9.69. The van der Waals surface area contributed by atoms with Crippen LogP contribution in [0.2, 0.25) is 0 Å². The normalized spacial score (nSPS) is 41.6. The van der Waals surface area contributed by atoms with Crippen molar-refractivity contribution in [1.82, 2.24) is 5.32 Å². The smallest absolute Gasteiger partial charge is 0.0632 e. The zero-order valence-corrected chi connectivity index (χ0v) is 11.4. The van der Waals surface area contributed by atoms with Gasteiger partial charge in [-0.3, -0.25) is 0 Å². The van der Waals surface area contributed by atoms with Gasteiger partial charge in [0.1, 0.15) is 0 Å². The summed E-state index contributed by atoms with van der Waals surface area (Å²) in [5.41, 5.74) is 0.662. The fourth-order valence-corrected chi connectivity index (χ4v) is 3.98. The van der Waals surface area contributed by atoms with E-state index in [2.05, 4.69) is 19.2 Å². The van der Waals surface area contributed by atoms with E-state index in [0.29, 0.717) is 5.41 Å². The molecule has 1 N–H and O–H groups in total. The van der Waals surface area contributed by atoms with Crippen LogP contribution in [0.3, 0.4) is 0 Å². The predicted molar refractivity (Wildman–Crippen MR) is 70.1 cm³/mol. The molecule has 3 aliphatic rings. The van der Waals surface area contributed by atoms with E-state index in [1.807, 2.05) is 0 Å². The Labute approximate surface area is 105 Å². The van der Waals surface area contributed by atoms with Crippen LogP contribution < -0.4 is 5.32 Å². The van der Waals surface area contributed by atoms with E-state index in [1.54, 1.807) is 0 Å². The molecule has 2 nitrogen and oxygen atoms in total. The molecule has 2 heteroatoms. The van der Waals surface area contributed by atoms with E-state index in [1.165, 1.54) is 51.4 Å². The summed E-state index contributed by atoms with van der Waals surface area (Å²) in [5, 5.41) is 3.84. The van der Waals surface area contributed by atoms with Crippen LogP contribution in [0.1, 0.15) is 65.2 Å². The van der Waals surface area contributed by atoms with Gasteiger partial charge in [-0.15, -0.1) is 0 Å². The second-order valence-electron chi connectivity index (χ2n) is 7.29. The molecule has 0 aromatic heterocycles. The lowest BCUT2D eigenvalue weighted by Gasteiger charge is -2.40. The molecule has 2 saturated carbocycles. The zero-order chi connectivity index (χ0) is 11.9. The summed E-state index contributed by atoms with van der Waals surface area (Å²) in [6, 6.07) is 1.65. The molecule has 1 saturated heterocycles. The first-order chi connectivity index (χ1) is 8.07. The van der Waals surface area contributed by atoms with Crippen molar-refractivity contribution in [3.63, 3.8) is 0 Å². The Bertz CT molecular complexity index is 275. The lowest BCUT2D eigenvalue weighted by molar-refractivity contribution is 0.0275. The molecule has 0 aromatic carbocycles. The highest BCUT2D eigenvalue weighted by atomic mass is 16.5. The Hall–Kier alpha value is -0.0800. The van der Waals surface area contributed by atoms with Crippen LogP contribution in [-0.4, -0.2) is 24.3 Å². The van der Waals surface area contributed by atoms with E-state index < -0.39 is 0 Å². The first-order valence-electron chi connectivity index (χ1n) is 7.47. The molecule has 17 heavy (non-hydrogen) atoms. The summed E-state index contributed by atoms with van der Waals surface area (Å²) >= 11 is 0. The van der Waals surface area contributed by atoms with Gasteiger partial charge in [0.25, 0.3) is 0 Å². The topological polar surface area (TPSA) is 21.3 Å². The second kappa shape index (κ2) is 4.24. The number of hydrogen-bond acceptors (Lipinski definition) is 2. The number of hydrogen-bond donors (Lipinski definition) is 1. The molecule has 1 heterocycles. The number of nitrogens with one attached hydrogen (secondary N) is 1. The lowest BCUT2D eigenvalue weighted by Crippen LogP contribution is -2.45. The maximum Gasteiger partial charge on any atom is 0.0632 e. The fraction of sp³-hybridized carbons (Fsp3) is 1.00. The average Bonchev–Trinajstić information content (AvgIpc) is 2.51. The molecule has 2 aliphatic carbocycles. The van der Waals surface area contributed by atoms with E-state index in [4.69, 9.17) is 4.74 Å². The summed E-state index contributed by atoms with van der Waals surface area (Å²) in [6.45, 7) is 5.51. The van der Waals surface area contributed by atoms with Crippen LogP contribution in [0, 0.1) is 5.41 Å². The first-order valence-corrected chi connectivity index (χ1v) is 7.47. The molecule has 0 radical (unpaired) electrons. The summed E-state index contributed by atoms with van der Waals surface area (Å²) in [6.07, 6.45) is 11.0. The van der Waals surface area contributed by atoms with E-state index in [0.717, 1.165) is 18.7 Å². The summed E-state index contributed by atoms with van der Waals surface area (Å²) in [7, 11) is 0. The van der Waals surface area contributed by atoms with Crippen molar-refractivity contribution in [3.05, 3.63) is 0 Å². The molecular formula is C15H27NO. The van der Waals surface area contributed by atoms with E-state index >= 15 is 0 Å². The third-order valence-electron chi connectivity index (χ3n) is 5.19. The van der Waals surface area contributed by atoms with Crippen molar-refractivity contribution in [2.75, 3.05) is 6.61 Å². The van der Waals surface area contributed by atoms with Crippen molar-refractivity contribution in [1.29, 1.82) is 0 Å². The third-order valence-corrected chi connectivity index (χ3v) is 5.19. The van der Waals surface area contributed by atoms with Gasteiger partial charge in [0, 0.05) is 12.1 Å². The van der Waals surface area contributed by atoms with Crippen LogP contribution >= 0.6 is 0 Å². The molecule has 0 unspecified atom stereocenters. The molecule has 3 fully saturated rings.